The van der Waals surface area contributed by atoms with E-state index in [2.05, 4.69) is 15.9 Å². The van der Waals surface area contributed by atoms with Crippen molar-refractivity contribution in [3.63, 3.8) is 0 Å². The molecule has 0 aliphatic rings. The van der Waals surface area contributed by atoms with Crippen molar-refractivity contribution in [3.8, 4) is 0 Å². The van der Waals surface area contributed by atoms with E-state index in [-0.39, 0.29) is 10.8 Å². The molecule has 0 saturated carbocycles. The first-order valence-electron chi connectivity index (χ1n) is 5.61. The van der Waals surface area contributed by atoms with E-state index < -0.39 is 11.9 Å². The molecule has 2 rings (SSSR count). The van der Waals surface area contributed by atoms with Crippen molar-refractivity contribution in [1.29, 1.82) is 0 Å². The van der Waals surface area contributed by atoms with Crippen molar-refractivity contribution >= 4 is 27.5 Å². The van der Waals surface area contributed by atoms with Gasteiger partial charge in [0.1, 0.15) is 11.6 Å². The molecule has 5 heteroatoms. The quantitative estimate of drug-likeness (QED) is 0.862. The van der Waals surface area contributed by atoms with Crippen molar-refractivity contribution in [2.24, 2.45) is 5.73 Å². The lowest BCUT2D eigenvalue weighted by molar-refractivity contribution is 0.613. The number of nitrogens with two attached hydrogens (primary N) is 1. The Kier molecular flexibility index (Phi) is 4.55. The lowest BCUT2D eigenvalue weighted by Crippen LogP contribution is -2.13. The molecule has 0 aromatic heterocycles. The standard InChI is InChI=1S/C14H11BrClF2N/c15-10-5-9(6-11(17)7-10)14(19)4-8-1-2-12(16)13(18)3-8/h1-3,5-7,14H,4,19H2. The lowest BCUT2D eigenvalue weighted by Gasteiger charge is -2.13. The molecule has 1 unspecified atom stereocenters. The van der Waals surface area contributed by atoms with Crippen LogP contribution in [0.1, 0.15) is 17.2 Å². The Hall–Kier alpha value is -0.970. The molecule has 100 valence electrons. The van der Waals surface area contributed by atoms with Gasteiger partial charge < -0.3 is 5.73 Å². The maximum Gasteiger partial charge on any atom is 0.142 e. The summed E-state index contributed by atoms with van der Waals surface area (Å²) in [5.74, 6) is -0.839. The van der Waals surface area contributed by atoms with E-state index in [1.165, 1.54) is 24.3 Å². The number of benzene rings is 2. The fourth-order valence-corrected chi connectivity index (χ4v) is 2.43. The van der Waals surface area contributed by atoms with E-state index in [0.717, 1.165) is 5.56 Å². The molecular formula is C14H11BrClF2N. The highest BCUT2D eigenvalue weighted by atomic mass is 79.9. The van der Waals surface area contributed by atoms with Crippen molar-refractivity contribution in [2.75, 3.05) is 0 Å². The fourth-order valence-electron chi connectivity index (χ4n) is 1.83. The summed E-state index contributed by atoms with van der Waals surface area (Å²) in [6.07, 6.45) is 0.407. The van der Waals surface area contributed by atoms with Gasteiger partial charge in [0, 0.05) is 10.5 Å². The van der Waals surface area contributed by atoms with Gasteiger partial charge in [-0.25, -0.2) is 8.78 Å². The van der Waals surface area contributed by atoms with Gasteiger partial charge >= 0.3 is 0 Å². The van der Waals surface area contributed by atoms with Crippen LogP contribution in [0.3, 0.4) is 0 Å². The number of hydrogen-bond donors (Lipinski definition) is 1. The fraction of sp³-hybridized carbons (Fsp3) is 0.143. The molecular weight excluding hydrogens is 336 g/mol. The first-order valence-corrected chi connectivity index (χ1v) is 6.78. The summed E-state index contributed by atoms with van der Waals surface area (Å²) < 4.78 is 27.2. The number of halogens is 4. The second-order valence-corrected chi connectivity index (χ2v) is 5.58. The van der Waals surface area contributed by atoms with E-state index in [4.69, 9.17) is 17.3 Å². The summed E-state index contributed by atoms with van der Waals surface area (Å²) in [6.45, 7) is 0. The Morgan fingerprint density at radius 2 is 1.89 bits per heavy atom. The van der Waals surface area contributed by atoms with Crippen LogP contribution in [0.5, 0.6) is 0 Å². The second-order valence-electron chi connectivity index (χ2n) is 4.26. The predicted molar refractivity (Wildman–Crippen MR) is 76.1 cm³/mol. The molecule has 0 radical (unpaired) electrons. The average Bonchev–Trinajstić information content (AvgIpc) is 2.32. The SMILES string of the molecule is NC(Cc1ccc(Cl)c(F)c1)c1cc(F)cc(Br)c1. The van der Waals surface area contributed by atoms with Crippen molar-refractivity contribution in [1.82, 2.24) is 0 Å². The molecule has 2 aromatic carbocycles. The molecule has 1 nitrogen and oxygen atoms in total. The third-order valence-corrected chi connectivity index (χ3v) is 3.52. The lowest BCUT2D eigenvalue weighted by atomic mass is 9.99. The maximum absolute atomic E-state index is 13.3. The van der Waals surface area contributed by atoms with Gasteiger partial charge in [-0.15, -0.1) is 0 Å². The summed E-state index contributed by atoms with van der Waals surface area (Å²) in [6, 6.07) is 8.61. The highest BCUT2D eigenvalue weighted by molar-refractivity contribution is 9.10. The second kappa shape index (κ2) is 5.99. The molecule has 0 saturated heterocycles. The predicted octanol–water partition coefficient (Wildman–Crippen LogP) is 4.62. The van der Waals surface area contributed by atoms with Crippen LogP contribution in [0, 0.1) is 11.6 Å². The molecule has 0 amide bonds. The van der Waals surface area contributed by atoms with Gasteiger partial charge in [0.15, 0.2) is 0 Å². The Morgan fingerprint density at radius 3 is 2.53 bits per heavy atom. The molecule has 0 spiro atoms. The minimum atomic E-state index is -0.480. The molecule has 0 bridgehead atoms. The van der Waals surface area contributed by atoms with Crippen LogP contribution in [-0.2, 0) is 6.42 Å². The van der Waals surface area contributed by atoms with Gasteiger partial charge in [-0.3, -0.25) is 0 Å². The zero-order chi connectivity index (χ0) is 14.0. The van der Waals surface area contributed by atoms with Crippen molar-refractivity contribution in [3.05, 3.63) is 68.7 Å². The molecule has 0 aliphatic carbocycles. The molecule has 0 aliphatic heterocycles. The van der Waals surface area contributed by atoms with Crippen LogP contribution in [0.4, 0.5) is 8.78 Å². The topological polar surface area (TPSA) is 26.0 Å². The van der Waals surface area contributed by atoms with Gasteiger partial charge in [0.25, 0.3) is 0 Å². The molecule has 1 atom stereocenters. The minimum Gasteiger partial charge on any atom is -0.324 e. The number of hydrogen-bond acceptors (Lipinski definition) is 1. The van der Waals surface area contributed by atoms with E-state index in [0.29, 0.717) is 16.5 Å². The Bertz CT molecular complexity index is 584. The van der Waals surface area contributed by atoms with Gasteiger partial charge in [0.05, 0.1) is 5.02 Å². The Labute approximate surface area is 123 Å². The third kappa shape index (κ3) is 3.75. The molecule has 0 fully saturated rings. The molecule has 0 heterocycles. The van der Waals surface area contributed by atoms with Crippen LogP contribution in [0.25, 0.3) is 0 Å². The van der Waals surface area contributed by atoms with Crippen molar-refractivity contribution in [2.45, 2.75) is 12.5 Å². The van der Waals surface area contributed by atoms with Gasteiger partial charge in [-0.1, -0.05) is 33.6 Å². The largest absolute Gasteiger partial charge is 0.324 e. The van der Waals surface area contributed by atoms with Crippen LogP contribution >= 0.6 is 27.5 Å². The highest BCUT2D eigenvalue weighted by Crippen LogP contribution is 2.23. The smallest absolute Gasteiger partial charge is 0.142 e. The summed E-state index contributed by atoms with van der Waals surface area (Å²) in [7, 11) is 0. The summed E-state index contributed by atoms with van der Waals surface area (Å²) >= 11 is 8.83. The van der Waals surface area contributed by atoms with E-state index in [1.54, 1.807) is 12.1 Å². The van der Waals surface area contributed by atoms with E-state index in [9.17, 15) is 8.78 Å². The molecule has 2 aromatic rings. The Morgan fingerprint density at radius 1 is 1.16 bits per heavy atom. The highest BCUT2D eigenvalue weighted by Gasteiger charge is 2.11. The van der Waals surface area contributed by atoms with Gasteiger partial charge in [-0.2, -0.15) is 0 Å². The monoisotopic (exact) mass is 345 g/mol. The zero-order valence-electron chi connectivity index (χ0n) is 9.84. The maximum atomic E-state index is 13.3. The minimum absolute atomic E-state index is 0.0748. The van der Waals surface area contributed by atoms with E-state index in [1.807, 2.05) is 0 Å². The first kappa shape index (κ1) is 14.4. The molecule has 19 heavy (non-hydrogen) atoms. The third-order valence-electron chi connectivity index (χ3n) is 2.75. The van der Waals surface area contributed by atoms with Gasteiger partial charge in [-0.05, 0) is 47.9 Å². The van der Waals surface area contributed by atoms with Crippen LogP contribution < -0.4 is 5.73 Å². The van der Waals surface area contributed by atoms with Gasteiger partial charge in [0.2, 0.25) is 0 Å². The summed E-state index contributed by atoms with van der Waals surface area (Å²) in [4.78, 5) is 0. The first-order chi connectivity index (χ1) is 8.95. The van der Waals surface area contributed by atoms with Crippen LogP contribution in [0.15, 0.2) is 40.9 Å². The van der Waals surface area contributed by atoms with E-state index >= 15 is 0 Å². The van der Waals surface area contributed by atoms with Crippen LogP contribution in [0.2, 0.25) is 5.02 Å². The summed E-state index contributed by atoms with van der Waals surface area (Å²) in [5, 5.41) is 0.0748. The zero-order valence-corrected chi connectivity index (χ0v) is 12.2. The number of rotatable bonds is 3. The normalized spacial score (nSPS) is 12.5. The Balaban J connectivity index is 2.20. The molecule has 2 N–H and O–H groups in total. The summed E-state index contributed by atoms with van der Waals surface area (Å²) in [5.41, 5.74) is 7.38. The van der Waals surface area contributed by atoms with Crippen LogP contribution in [-0.4, -0.2) is 0 Å². The van der Waals surface area contributed by atoms with Crippen molar-refractivity contribution < 1.29 is 8.78 Å². The average molecular weight is 347 g/mol.